The van der Waals surface area contributed by atoms with Crippen molar-refractivity contribution in [3.05, 3.63) is 51.7 Å². The first-order chi connectivity index (χ1) is 12.5. The van der Waals surface area contributed by atoms with Crippen LogP contribution in [0.3, 0.4) is 0 Å². The number of aromatic nitrogens is 3. The Balaban J connectivity index is 1.62. The molecule has 1 aromatic heterocycles. The Morgan fingerprint density at radius 2 is 2.04 bits per heavy atom. The van der Waals surface area contributed by atoms with Crippen LogP contribution in [0.25, 0.3) is 0 Å². The van der Waals surface area contributed by atoms with Gasteiger partial charge in [0.05, 0.1) is 13.1 Å². The molecule has 1 saturated heterocycles. The lowest BCUT2D eigenvalue weighted by atomic mass is 10.0. The van der Waals surface area contributed by atoms with Crippen molar-refractivity contribution in [3.8, 4) is 0 Å². The molecule has 2 aliphatic rings. The predicted molar refractivity (Wildman–Crippen MR) is 94.8 cm³/mol. The van der Waals surface area contributed by atoms with E-state index in [1.54, 1.807) is 4.90 Å². The molecule has 0 N–H and O–H groups in total. The van der Waals surface area contributed by atoms with E-state index >= 15 is 0 Å². The highest BCUT2D eigenvalue weighted by molar-refractivity contribution is 5.81. The van der Waals surface area contributed by atoms with Crippen LogP contribution in [0.2, 0.25) is 0 Å². The van der Waals surface area contributed by atoms with Gasteiger partial charge in [-0.05, 0) is 31.7 Å². The maximum absolute atomic E-state index is 13.5. The number of alkyl halides is 1. The van der Waals surface area contributed by atoms with Crippen LogP contribution < -0.4 is 5.69 Å². The molecule has 6 nitrogen and oxygen atoms in total. The summed E-state index contributed by atoms with van der Waals surface area (Å²) in [5.41, 5.74) is 1.90. The van der Waals surface area contributed by atoms with Crippen LogP contribution in [0.5, 0.6) is 0 Å². The Labute approximate surface area is 151 Å². The van der Waals surface area contributed by atoms with Crippen molar-refractivity contribution in [1.29, 1.82) is 0 Å². The van der Waals surface area contributed by atoms with Gasteiger partial charge in [0.15, 0.2) is 0 Å². The summed E-state index contributed by atoms with van der Waals surface area (Å²) in [5, 5.41) is 4.46. The highest BCUT2D eigenvalue weighted by Gasteiger charge is 2.36. The minimum atomic E-state index is -0.956. The zero-order valence-corrected chi connectivity index (χ0v) is 14.9. The lowest BCUT2D eigenvalue weighted by molar-refractivity contribution is -0.134. The van der Waals surface area contributed by atoms with Crippen LogP contribution in [-0.4, -0.2) is 44.4 Å². The van der Waals surface area contributed by atoms with Crippen molar-refractivity contribution >= 4 is 5.91 Å². The summed E-state index contributed by atoms with van der Waals surface area (Å²) < 4.78 is 16.4. The third-order valence-electron chi connectivity index (χ3n) is 5.31. The number of aryl methyl sites for hydroxylation is 2. The quantitative estimate of drug-likeness (QED) is 0.841. The number of nitrogens with zero attached hydrogens (tertiary/aromatic N) is 4. The van der Waals surface area contributed by atoms with Gasteiger partial charge >= 0.3 is 5.69 Å². The van der Waals surface area contributed by atoms with Gasteiger partial charge in [0, 0.05) is 13.0 Å². The van der Waals surface area contributed by atoms with E-state index in [0.717, 1.165) is 17.5 Å². The summed E-state index contributed by atoms with van der Waals surface area (Å²) in [6.45, 7) is 2.97. The highest BCUT2D eigenvalue weighted by Crippen LogP contribution is 2.26. The molecule has 0 radical (unpaired) electrons. The van der Waals surface area contributed by atoms with Gasteiger partial charge in [-0.15, -0.1) is 0 Å². The number of hydrogen-bond acceptors (Lipinski definition) is 3. The van der Waals surface area contributed by atoms with E-state index in [9.17, 15) is 14.0 Å². The number of likely N-dealkylation sites (tertiary alicyclic amines) is 1. The van der Waals surface area contributed by atoms with Crippen molar-refractivity contribution in [3.63, 3.8) is 0 Å². The number of fused-ring (bicyclic) bond motifs is 1. The molecule has 7 heteroatoms. The minimum Gasteiger partial charge on any atom is -0.338 e. The lowest BCUT2D eigenvalue weighted by Crippen LogP contribution is -2.41. The smallest absolute Gasteiger partial charge is 0.338 e. The van der Waals surface area contributed by atoms with Crippen LogP contribution in [0, 0.1) is 6.92 Å². The minimum absolute atomic E-state index is 0.136. The van der Waals surface area contributed by atoms with Crippen molar-refractivity contribution in [2.24, 2.45) is 0 Å². The number of amides is 1. The zero-order valence-electron chi connectivity index (χ0n) is 14.9. The molecule has 0 spiro atoms. The number of carbonyl (C=O) groups excluding carboxylic acids is 1. The first kappa shape index (κ1) is 17.0. The molecule has 0 unspecified atom stereocenters. The van der Waals surface area contributed by atoms with Gasteiger partial charge in [0.1, 0.15) is 18.0 Å². The molecule has 2 aromatic rings. The standard InChI is InChI=1S/C19H23FN4O2/c1-13-5-7-14(8-6-13)11-23-19(26)24-16(3-2-4-17(24)21-23)18(25)22-10-9-15(20)12-22/h5-8,15-16H,2-4,9-12H2,1H3/t15-,16+/m1/s1. The lowest BCUT2D eigenvalue weighted by Gasteiger charge is -2.26. The molecule has 26 heavy (non-hydrogen) atoms. The third-order valence-corrected chi connectivity index (χ3v) is 5.31. The van der Waals surface area contributed by atoms with Crippen molar-refractivity contribution < 1.29 is 9.18 Å². The molecule has 0 bridgehead atoms. The van der Waals surface area contributed by atoms with E-state index in [2.05, 4.69) is 5.10 Å². The fourth-order valence-electron chi connectivity index (χ4n) is 3.86. The number of halogens is 1. The molecule has 4 rings (SSSR count). The molecule has 2 atom stereocenters. The highest BCUT2D eigenvalue weighted by atomic mass is 19.1. The second-order valence-electron chi connectivity index (χ2n) is 7.29. The molecule has 1 aromatic carbocycles. The topological polar surface area (TPSA) is 60.1 Å². The molecule has 1 fully saturated rings. The van der Waals surface area contributed by atoms with E-state index in [1.165, 1.54) is 9.25 Å². The normalized spacial score (nSPS) is 22.5. The van der Waals surface area contributed by atoms with Gasteiger partial charge in [0.2, 0.25) is 5.91 Å². The molecular formula is C19H23FN4O2. The van der Waals surface area contributed by atoms with E-state index in [-0.39, 0.29) is 18.1 Å². The summed E-state index contributed by atoms with van der Waals surface area (Å²) >= 11 is 0. The van der Waals surface area contributed by atoms with Crippen LogP contribution in [-0.2, 0) is 17.8 Å². The summed E-state index contributed by atoms with van der Waals surface area (Å²) in [7, 11) is 0. The van der Waals surface area contributed by atoms with Gasteiger partial charge in [-0.2, -0.15) is 5.10 Å². The largest absolute Gasteiger partial charge is 0.346 e. The average Bonchev–Trinajstić information content (AvgIpc) is 3.20. The SMILES string of the molecule is Cc1ccc(Cn2nc3n(c2=O)[C@H](C(=O)N2CC[C@@H](F)C2)CCC3)cc1. The molecule has 0 saturated carbocycles. The van der Waals surface area contributed by atoms with Gasteiger partial charge < -0.3 is 4.90 Å². The Bertz CT molecular complexity index is 871. The molecule has 1 amide bonds. The van der Waals surface area contributed by atoms with Gasteiger partial charge in [-0.3, -0.25) is 9.36 Å². The summed E-state index contributed by atoms with van der Waals surface area (Å²) in [5.74, 6) is 0.505. The molecule has 2 aliphatic heterocycles. The van der Waals surface area contributed by atoms with E-state index in [4.69, 9.17) is 0 Å². The molecule has 138 valence electrons. The first-order valence-electron chi connectivity index (χ1n) is 9.19. The number of hydrogen-bond donors (Lipinski definition) is 0. The average molecular weight is 358 g/mol. The fraction of sp³-hybridized carbons (Fsp3) is 0.526. The Kier molecular flexibility index (Phi) is 4.38. The molecule has 3 heterocycles. The van der Waals surface area contributed by atoms with Gasteiger partial charge in [-0.25, -0.2) is 13.9 Å². The van der Waals surface area contributed by atoms with Crippen molar-refractivity contribution in [1.82, 2.24) is 19.2 Å². The van der Waals surface area contributed by atoms with Crippen molar-refractivity contribution in [2.75, 3.05) is 13.1 Å². The summed E-state index contributed by atoms with van der Waals surface area (Å²) in [6.07, 6.45) is 1.53. The van der Waals surface area contributed by atoms with Crippen LogP contribution in [0.4, 0.5) is 4.39 Å². The van der Waals surface area contributed by atoms with E-state index < -0.39 is 12.2 Å². The van der Waals surface area contributed by atoms with Gasteiger partial charge in [-0.1, -0.05) is 29.8 Å². The van der Waals surface area contributed by atoms with E-state index in [0.29, 0.717) is 38.2 Å². The Morgan fingerprint density at radius 3 is 2.73 bits per heavy atom. The maximum atomic E-state index is 13.5. The Morgan fingerprint density at radius 1 is 1.27 bits per heavy atom. The summed E-state index contributed by atoms with van der Waals surface area (Å²) in [6, 6.07) is 7.42. The van der Waals surface area contributed by atoms with E-state index in [1.807, 2.05) is 31.2 Å². The second kappa shape index (κ2) is 6.70. The second-order valence-corrected chi connectivity index (χ2v) is 7.29. The van der Waals surface area contributed by atoms with Crippen molar-refractivity contribution in [2.45, 2.75) is 51.4 Å². The maximum Gasteiger partial charge on any atom is 0.346 e. The molecule has 0 aliphatic carbocycles. The van der Waals surface area contributed by atoms with Crippen LogP contribution in [0.15, 0.2) is 29.1 Å². The summed E-state index contributed by atoms with van der Waals surface area (Å²) in [4.78, 5) is 27.3. The number of benzene rings is 1. The third kappa shape index (κ3) is 3.06. The predicted octanol–water partition coefficient (Wildman–Crippen LogP) is 1.85. The number of carbonyl (C=O) groups is 1. The first-order valence-corrected chi connectivity index (χ1v) is 9.19. The Hall–Kier alpha value is -2.44. The zero-order chi connectivity index (χ0) is 18.3. The fourth-order valence-corrected chi connectivity index (χ4v) is 3.86. The monoisotopic (exact) mass is 358 g/mol. The van der Waals surface area contributed by atoms with Gasteiger partial charge in [0.25, 0.3) is 0 Å². The number of rotatable bonds is 3. The van der Waals surface area contributed by atoms with Crippen LogP contribution >= 0.6 is 0 Å². The van der Waals surface area contributed by atoms with Crippen LogP contribution in [0.1, 0.15) is 42.3 Å². The molecular weight excluding hydrogens is 335 g/mol.